The lowest BCUT2D eigenvalue weighted by molar-refractivity contribution is -0.133. The minimum atomic E-state index is 0.102. The number of aromatic nitrogens is 4. The normalized spacial score (nSPS) is 17.7. The third kappa shape index (κ3) is 4.22. The number of phenols is 1. The number of nitrogens with zero attached hydrogens (tertiary/aromatic N) is 5. The molecular weight excluding hydrogens is 476 g/mol. The number of nitrogens with one attached hydrogen (secondary N) is 1. The van der Waals surface area contributed by atoms with Crippen LogP contribution in [-0.2, 0) is 4.79 Å². The summed E-state index contributed by atoms with van der Waals surface area (Å²) in [5, 5.41) is 16.0. The number of phenolic OH excluding ortho intramolecular Hbond substituents is 1. The van der Waals surface area contributed by atoms with Crippen LogP contribution in [-0.4, -0.2) is 54.6 Å². The van der Waals surface area contributed by atoms with E-state index in [4.69, 9.17) is 9.97 Å². The predicted octanol–water partition coefficient (Wildman–Crippen LogP) is 5.15. The van der Waals surface area contributed by atoms with Crippen molar-refractivity contribution in [2.24, 2.45) is 5.92 Å². The van der Waals surface area contributed by atoms with E-state index in [9.17, 15) is 9.90 Å². The quantitative estimate of drug-likeness (QED) is 0.344. The van der Waals surface area contributed by atoms with Gasteiger partial charge in [-0.25, -0.2) is 9.97 Å². The summed E-state index contributed by atoms with van der Waals surface area (Å²) in [5.74, 6) is 2.59. The number of amides is 1. The number of anilines is 1. The van der Waals surface area contributed by atoms with Crippen molar-refractivity contribution >= 4 is 33.7 Å². The smallest absolute Gasteiger partial charge is 0.225 e. The van der Waals surface area contributed by atoms with E-state index in [2.05, 4.69) is 40.6 Å². The molecule has 38 heavy (non-hydrogen) atoms. The summed E-state index contributed by atoms with van der Waals surface area (Å²) in [7, 11) is 0. The summed E-state index contributed by atoms with van der Waals surface area (Å²) in [6, 6.07) is 21.7. The van der Waals surface area contributed by atoms with Gasteiger partial charge in [-0.05, 0) is 60.7 Å². The molecule has 1 saturated heterocycles. The maximum Gasteiger partial charge on any atom is 0.225 e. The molecule has 1 atom stereocenters. The Hall–Kier alpha value is -4.46. The first-order valence-electron chi connectivity index (χ1n) is 13.2. The summed E-state index contributed by atoms with van der Waals surface area (Å²) < 4.78 is 1.97. The first-order valence-corrected chi connectivity index (χ1v) is 13.2. The second-order valence-corrected chi connectivity index (χ2v) is 10.3. The summed E-state index contributed by atoms with van der Waals surface area (Å²) in [6.45, 7) is 1.50. The molecule has 2 aliphatic rings. The lowest BCUT2D eigenvalue weighted by Gasteiger charge is -2.33. The average molecular weight is 505 g/mol. The molecule has 1 amide bonds. The topological polar surface area (TPSA) is 96.2 Å². The molecule has 2 N–H and O–H groups in total. The molecule has 7 rings (SSSR count). The molecule has 5 aromatic rings. The Labute approximate surface area is 220 Å². The van der Waals surface area contributed by atoms with E-state index < -0.39 is 0 Å². The number of piperidine rings is 1. The summed E-state index contributed by atoms with van der Waals surface area (Å²) in [6.07, 6.45) is 5.71. The highest BCUT2D eigenvalue weighted by Gasteiger charge is 2.35. The maximum atomic E-state index is 12.6. The Balaban J connectivity index is 1.26. The summed E-state index contributed by atoms with van der Waals surface area (Å²) >= 11 is 0. The van der Waals surface area contributed by atoms with Gasteiger partial charge in [-0.2, -0.15) is 4.98 Å². The van der Waals surface area contributed by atoms with Crippen molar-refractivity contribution in [1.29, 1.82) is 0 Å². The fourth-order valence-corrected chi connectivity index (χ4v) is 5.43. The molecular formula is C30H28N6O2. The Bertz CT molecular complexity index is 1670. The number of imidazole rings is 1. The van der Waals surface area contributed by atoms with E-state index >= 15 is 0 Å². The van der Waals surface area contributed by atoms with Crippen LogP contribution in [0.15, 0.2) is 72.9 Å². The van der Waals surface area contributed by atoms with Gasteiger partial charge in [0.05, 0.1) is 11.0 Å². The molecule has 8 heteroatoms. The Morgan fingerprint density at radius 1 is 0.947 bits per heavy atom. The minimum Gasteiger partial charge on any atom is -0.508 e. The first-order chi connectivity index (χ1) is 18.6. The van der Waals surface area contributed by atoms with E-state index in [1.54, 1.807) is 18.3 Å². The van der Waals surface area contributed by atoms with Crippen molar-refractivity contribution < 1.29 is 9.90 Å². The van der Waals surface area contributed by atoms with Gasteiger partial charge < -0.3 is 15.3 Å². The van der Waals surface area contributed by atoms with Gasteiger partial charge in [-0.1, -0.05) is 36.4 Å². The van der Waals surface area contributed by atoms with Gasteiger partial charge in [-0.3, -0.25) is 9.36 Å². The van der Waals surface area contributed by atoms with Crippen LogP contribution < -0.4 is 5.32 Å². The number of hydrogen-bond donors (Lipinski definition) is 2. The number of fused-ring (bicyclic) bond motifs is 2. The van der Waals surface area contributed by atoms with Crippen LogP contribution in [0.3, 0.4) is 0 Å². The van der Waals surface area contributed by atoms with Crippen molar-refractivity contribution in [3.05, 3.63) is 72.9 Å². The number of carbonyl (C=O) groups is 1. The van der Waals surface area contributed by atoms with Gasteiger partial charge in [0.15, 0.2) is 0 Å². The van der Waals surface area contributed by atoms with Crippen LogP contribution in [0, 0.1) is 5.92 Å². The van der Waals surface area contributed by atoms with Crippen molar-refractivity contribution in [2.75, 3.05) is 18.4 Å². The van der Waals surface area contributed by atoms with Crippen molar-refractivity contribution in [2.45, 2.75) is 31.7 Å². The molecule has 1 aliphatic heterocycles. The third-order valence-corrected chi connectivity index (χ3v) is 7.51. The summed E-state index contributed by atoms with van der Waals surface area (Å²) in [4.78, 5) is 28.9. The highest BCUT2D eigenvalue weighted by atomic mass is 16.3. The van der Waals surface area contributed by atoms with Crippen LogP contribution in [0.1, 0.15) is 25.7 Å². The Kier molecular flexibility index (Phi) is 5.46. The van der Waals surface area contributed by atoms with Gasteiger partial charge in [0.1, 0.15) is 17.4 Å². The standard InChI is InChI=1S/C30H28N6O2/c37-24-11-12-25-26(17-24)36(28(33-25)22-10-7-19-4-1-2-5-21(19)16-22)27-13-14-31-30(34-27)32-23-6-3-15-35(18-23)29(38)20-8-9-20/h1-2,4-5,7,10-14,16-17,20,23,37H,3,6,8-9,15,18H2,(H,31,32,34)/t23-/m1/s1. The van der Waals surface area contributed by atoms with E-state index in [0.717, 1.165) is 65.4 Å². The lowest BCUT2D eigenvalue weighted by atomic mass is 10.1. The zero-order chi connectivity index (χ0) is 25.6. The number of rotatable bonds is 5. The van der Waals surface area contributed by atoms with E-state index in [1.807, 2.05) is 33.7 Å². The zero-order valence-corrected chi connectivity index (χ0v) is 20.9. The molecule has 3 heterocycles. The van der Waals surface area contributed by atoms with Crippen LogP contribution in [0.5, 0.6) is 5.75 Å². The Morgan fingerprint density at radius 3 is 2.68 bits per heavy atom. The van der Waals surface area contributed by atoms with Crippen molar-refractivity contribution in [3.8, 4) is 23.0 Å². The van der Waals surface area contributed by atoms with Crippen LogP contribution in [0.2, 0.25) is 0 Å². The second kappa shape index (κ2) is 9.13. The Morgan fingerprint density at radius 2 is 1.82 bits per heavy atom. The number of carbonyl (C=O) groups excluding carboxylic acids is 1. The number of likely N-dealkylation sites (tertiary alicyclic amines) is 1. The number of benzene rings is 3. The van der Waals surface area contributed by atoms with Gasteiger partial charge in [0.25, 0.3) is 0 Å². The van der Waals surface area contributed by atoms with Gasteiger partial charge in [-0.15, -0.1) is 0 Å². The molecule has 8 nitrogen and oxygen atoms in total. The number of hydrogen-bond acceptors (Lipinski definition) is 6. The molecule has 3 aromatic carbocycles. The molecule has 190 valence electrons. The number of aromatic hydroxyl groups is 1. The van der Waals surface area contributed by atoms with Crippen molar-refractivity contribution in [1.82, 2.24) is 24.4 Å². The fourth-order valence-electron chi connectivity index (χ4n) is 5.43. The molecule has 1 aliphatic carbocycles. The molecule has 0 radical (unpaired) electrons. The van der Waals surface area contributed by atoms with Crippen LogP contribution in [0.4, 0.5) is 5.95 Å². The third-order valence-electron chi connectivity index (χ3n) is 7.51. The molecule has 0 bridgehead atoms. The molecule has 0 unspecified atom stereocenters. The summed E-state index contributed by atoms with van der Waals surface area (Å²) in [5.41, 5.74) is 2.48. The molecule has 2 aromatic heterocycles. The first kappa shape index (κ1) is 22.7. The minimum absolute atomic E-state index is 0.102. The lowest BCUT2D eigenvalue weighted by Crippen LogP contribution is -2.45. The highest BCUT2D eigenvalue weighted by molar-refractivity contribution is 5.89. The van der Waals surface area contributed by atoms with E-state index in [0.29, 0.717) is 18.3 Å². The molecule has 2 fully saturated rings. The fraction of sp³-hybridized carbons (Fsp3) is 0.267. The maximum absolute atomic E-state index is 12.6. The zero-order valence-electron chi connectivity index (χ0n) is 20.9. The van der Waals surface area contributed by atoms with Crippen LogP contribution in [0.25, 0.3) is 39.0 Å². The van der Waals surface area contributed by atoms with Crippen LogP contribution >= 0.6 is 0 Å². The predicted molar refractivity (Wildman–Crippen MR) is 147 cm³/mol. The van der Waals surface area contributed by atoms with Gasteiger partial charge >= 0.3 is 0 Å². The van der Waals surface area contributed by atoms with Crippen molar-refractivity contribution in [3.63, 3.8) is 0 Å². The average Bonchev–Trinajstić information content (AvgIpc) is 3.73. The SMILES string of the molecule is O=C(C1CC1)N1CCC[C@@H](Nc2nccc(-n3c(-c4ccc5ccccc5c4)nc4ccc(O)cc43)n2)C1. The van der Waals surface area contributed by atoms with Gasteiger partial charge in [0, 0.05) is 42.9 Å². The molecule has 1 saturated carbocycles. The second-order valence-electron chi connectivity index (χ2n) is 10.3. The largest absolute Gasteiger partial charge is 0.508 e. The van der Waals surface area contributed by atoms with Gasteiger partial charge in [0.2, 0.25) is 11.9 Å². The van der Waals surface area contributed by atoms with E-state index in [-0.39, 0.29) is 23.6 Å². The monoisotopic (exact) mass is 504 g/mol. The highest BCUT2D eigenvalue weighted by Crippen LogP contribution is 2.33. The van der Waals surface area contributed by atoms with E-state index in [1.165, 1.54) is 0 Å². The molecule has 0 spiro atoms.